The molecular weight excluding hydrogens is 471 g/mol. The molecule has 0 fully saturated rings. The van der Waals surface area contributed by atoms with Crippen LogP contribution in [0.4, 0.5) is 5.69 Å². The molecule has 0 bridgehead atoms. The highest BCUT2D eigenvalue weighted by molar-refractivity contribution is 7.54. The van der Waals surface area contributed by atoms with Crippen LogP contribution in [-0.4, -0.2) is 28.7 Å². The summed E-state index contributed by atoms with van der Waals surface area (Å²) in [7, 11) is -3.99. The van der Waals surface area contributed by atoms with Gasteiger partial charge in [0.15, 0.2) is 17.1 Å². The smallest absolute Gasteiger partial charge is 0.261 e. The SMILES string of the molecule is CCOP(=O)(OCC)[N+]1(c2ccccc2)N=C(c2ccccc2)C(n2cccn2)=C1c1ccccc1. The highest BCUT2D eigenvalue weighted by Crippen LogP contribution is 2.67. The summed E-state index contributed by atoms with van der Waals surface area (Å²) in [4.78, 5) is 0. The Balaban J connectivity index is 1.98. The first kappa shape index (κ1) is 24.1. The van der Waals surface area contributed by atoms with Crippen molar-refractivity contribution < 1.29 is 13.6 Å². The zero-order valence-electron chi connectivity index (χ0n) is 20.3. The van der Waals surface area contributed by atoms with E-state index in [9.17, 15) is 4.57 Å². The van der Waals surface area contributed by atoms with Crippen LogP contribution in [0.25, 0.3) is 11.4 Å². The molecule has 1 unspecified atom stereocenters. The summed E-state index contributed by atoms with van der Waals surface area (Å²) in [6.45, 7) is 4.01. The lowest BCUT2D eigenvalue weighted by Crippen LogP contribution is -2.38. The monoisotopic (exact) mass is 499 g/mol. The third-order valence-corrected chi connectivity index (χ3v) is 8.29. The van der Waals surface area contributed by atoms with Crippen LogP contribution < -0.4 is 4.36 Å². The lowest BCUT2D eigenvalue weighted by molar-refractivity contribution is 0.188. The minimum absolute atomic E-state index is 0.194. The standard InChI is InChI=1S/C28H28N4O3P/c1-3-34-36(33,35-4-2)32(25-19-12-7-13-20-25)28(24-17-10-6-11-18-24)27(31-22-14-21-29-31)26(30-32)23-15-8-5-9-16-23/h5-22H,3-4H2,1-2H3/q+1. The zero-order chi connectivity index (χ0) is 25.0. The minimum Gasteiger partial charge on any atom is -0.261 e. The van der Waals surface area contributed by atoms with Crippen LogP contribution in [0.1, 0.15) is 25.0 Å². The summed E-state index contributed by atoms with van der Waals surface area (Å²) in [5, 5.41) is 9.85. The highest BCUT2D eigenvalue weighted by Gasteiger charge is 2.63. The second kappa shape index (κ2) is 10.2. The first-order valence-corrected chi connectivity index (χ1v) is 13.4. The van der Waals surface area contributed by atoms with Gasteiger partial charge in [-0.1, -0.05) is 71.8 Å². The van der Waals surface area contributed by atoms with Gasteiger partial charge in [-0.2, -0.15) is 9.66 Å². The Bertz CT molecular complexity index is 1410. The molecule has 182 valence electrons. The van der Waals surface area contributed by atoms with Gasteiger partial charge < -0.3 is 0 Å². The summed E-state index contributed by atoms with van der Waals surface area (Å²) in [5.41, 5.74) is 4.38. The van der Waals surface area contributed by atoms with E-state index in [2.05, 4.69) is 5.10 Å². The fourth-order valence-corrected chi connectivity index (χ4v) is 6.63. The summed E-state index contributed by atoms with van der Waals surface area (Å²) in [6.07, 6.45) is 3.59. The molecule has 1 aromatic heterocycles. The minimum atomic E-state index is -3.99. The van der Waals surface area contributed by atoms with Crippen molar-refractivity contribution in [1.29, 1.82) is 0 Å². The van der Waals surface area contributed by atoms with E-state index in [1.54, 1.807) is 10.9 Å². The number of hydrogen-bond donors (Lipinski definition) is 0. The van der Waals surface area contributed by atoms with Gasteiger partial charge in [0.2, 0.25) is 5.70 Å². The molecule has 8 heteroatoms. The van der Waals surface area contributed by atoms with Gasteiger partial charge >= 0.3 is 7.75 Å². The molecule has 0 N–H and O–H groups in total. The lowest BCUT2D eigenvalue weighted by atomic mass is 10.0. The molecule has 0 amide bonds. The quantitative estimate of drug-likeness (QED) is 0.237. The van der Waals surface area contributed by atoms with Crippen molar-refractivity contribution in [2.75, 3.05) is 13.2 Å². The second-order valence-corrected chi connectivity index (χ2v) is 10.1. The maximum absolute atomic E-state index is 15.0. The Morgan fingerprint density at radius 2 is 1.33 bits per heavy atom. The molecule has 0 saturated heterocycles. The molecule has 1 atom stereocenters. The van der Waals surface area contributed by atoms with Gasteiger partial charge in [0, 0.05) is 35.7 Å². The first-order valence-electron chi connectivity index (χ1n) is 11.9. The number of hydrogen-bond acceptors (Lipinski definition) is 5. The van der Waals surface area contributed by atoms with Crippen LogP contribution in [0.3, 0.4) is 0 Å². The maximum atomic E-state index is 15.0. The average Bonchev–Trinajstić information content (AvgIpc) is 3.58. The van der Waals surface area contributed by atoms with Crippen LogP contribution in [0.15, 0.2) is 115 Å². The van der Waals surface area contributed by atoms with Gasteiger partial charge in [-0.15, -0.1) is 0 Å². The number of quaternary nitrogens is 1. The van der Waals surface area contributed by atoms with Crippen molar-refractivity contribution >= 4 is 30.5 Å². The number of allylic oxidation sites excluding steroid dienone is 1. The molecule has 1 aliphatic rings. The van der Waals surface area contributed by atoms with E-state index >= 15 is 0 Å². The van der Waals surface area contributed by atoms with Crippen molar-refractivity contribution in [3.05, 3.63) is 121 Å². The van der Waals surface area contributed by atoms with E-state index in [4.69, 9.17) is 14.1 Å². The van der Waals surface area contributed by atoms with Gasteiger partial charge in [0.05, 0.1) is 13.2 Å². The van der Waals surface area contributed by atoms with Crippen molar-refractivity contribution in [3.63, 3.8) is 0 Å². The summed E-state index contributed by atoms with van der Waals surface area (Å²) >= 11 is 0. The maximum Gasteiger partial charge on any atom is 0.568 e. The van der Waals surface area contributed by atoms with Gasteiger partial charge in [-0.3, -0.25) is 9.05 Å². The van der Waals surface area contributed by atoms with Crippen molar-refractivity contribution in [3.8, 4) is 0 Å². The largest absolute Gasteiger partial charge is 0.568 e. The van der Waals surface area contributed by atoms with E-state index in [1.807, 2.05) is 117 Å². The topological polar surface area (TPSA) is 65.7 Å². The Morgan fingerprint density at radius 1 is 0.778 bits per heavy atom. The number of para-hydroxylation sites is 1. The molecule has 1 aliphatic heterocycles. The molecule has 7 nitrogen and oxygen atoms in total. The number of rotatable bonds is 9. The summed E-state index contributed by atoms with van der Waals surface area (Å²) < 4.78 is 28.4. The van der Waals surface area contributed by atoms with Crippen LogP contribution in [0.5, 0.6) is 0 Å². The van der Waals surface area contributed by atoms with E-state index in [0.29, 0.717) is 22.8 Å². The molecule has 4 aromatic rings. The van der Waals surface area contributed by atoms with Crippen LogP contribution in [0.2, 0.25) is 0 Å². The fraction of sp³-hybridized carbons (Fsp3) is 0.143. The van der Waals surface area contributed by atoms with Crippen LogP contribution >= 0.6 is 7.75 Å². The molecular formula is C28H28N4O3P+. The van der Waals surface area contributed by atoms with E-state index < -0.39 is 12.1 Å². The highest BCUT2D eigenvalue weighted by atomic mass is 31.2. The predicted molar refractivity (Wildman–Crippen MR) is 144 cm³/mol. The average molecular weight is 500 g/mol. The zero-order valence-corrected chi connectivity index (χ0v) is 21.2. The number of nitrogens with zero attached hydrogens (tertiary/aromatic N) is 4. The molecule has 0 spiro atoms. The summed E-state index contributed by atoms with van der Waals surface area (Å²) in [6, 6.07) is 31.1. The molecule has 5 rings (SSSR count). The molecule has 3 aromatic carbocycles. The molecule has 36 heavy (non-hydrogen) atoms. The van der Waals surface area contributed by atoms with Crippen molar-refractivity contribution in [2.45, 2.75) is 13.8 Å². The Morgan fingerprint density at radius 3 is 1.86 bits per heavy atom. The number of aromatic nitrogens is 2. The molecule has 2 heterocycles. The first-order chi connectivity index (χ1) is 17.6. The normalized spacial score (nSPS) is 17.9. The summed E-state index contributed by atoms with van der Waals surface area (Å²) in [5.74, 6) is 0. The molecule has 0 saturated carbocycles. The van der Waals surface area contributed by atoms with Gasteiger partial charge in [-0.05, 0) is 36.4 Å². The van der Waals surface area contributed by atoms with E-state index in [0.717, 1.165) is 11.1 Å². The van der Waals surface area contributed by atoms with Crippen LogP contribution in [0, 0.1) is 0 Å². The van der Waals surface area contributed by atoms with Gasteiger partial charge in [0.1, 0.15) is 0 Å². The lowest BCUT2D eigenvalue weighted by Gasteiger charge is -2.34. The Labute approximate surface area is 211 Å². The van der Waals surface area contributed by atoms with Gasteiger partial charge in [-0.25, -0.2) is 4.68 Å². The van der Waals surface area contributed by atoms with Crippen LogP contribution in [-0.2, 0) is 13.6 Å². The third-order valence-electron chi connectivity index (χ3n) is 5.89. The molecule has 0 aliphatic carbocycles. The third kappa shape index (κ3) is 3.96. The van der Waals surface area contributed by atoms with E-state index in [-0.39, 0.29) is 13.2 Å². The predicted octanol–water partition coefficient (Wildman–Crippen LogP) is 6.82. The second-order valence-electron chi connectivity index (χ2n) is 8.07. The van der Waals surface area contributed by atoms with Crippen molar-refractivity contribution in [2.24, 2.45) is 5.10 Å². The number of benzene rings is 3. The Hall–Kier alpha value is -3.61. The van der Waals surface area contributed by atoms with Crippen molar-refractivity contribution in [1.82, 2.24) is 14.1 Å². The molecule has 0 radical (unpaired) electrons. The fourth-order valence-electron chi connectivity index (χ4n) is 4.50. The van der Waals surface area contributed by atoms with Gasteiger partial charge in [0.25, 0.3) is 0 Å². The van der Waals surface area contributed by atoms with E-state index in [1.165, 1.54) is 0 Å². The Kier molecular flexibility index (Phi) is 6.81.